The maximum Gasteiger partial charge on any atom is 0.0457 e. The Balaban J connectivity index is 1.43. The molecule has 120 valence electrons. The van der Waals surface area contributed by atoms with E-state index in [9.17, 15) is 0 Å². The minimum Gasteiger partial charge on any atom is -0.361 e. The van der Waals surface area contributed by atoms with Crippen molar-refractivity contribution in [2.45, 2.75) is 13.5 Å². The largest absolute Gasteiger partial charge is 0.361 e. The van der Waals surface area contributed by atoms with Gasteiger partial charge in [0.25, 0.3) is 0 Å². The van der Waals surface area contributed by atoms with Gasteiger partial charge in [-0.2, -0.15) is 0 Å². The first-order chi connectivity index (χ1) is 10.7. The number of nitrogens with zero attached hydrogens (tertiary/aromatic N) is 2. The molecule has 4 nitrogen and oxygen atoms in total. The van der Waals surface area contributed by atoms with Crippen molar-refractivity contribution in [1.82, 2.24) is 20.1 Å². The van der Waals surface area contributed by atoms with Gasteiger partial charge in [0.05, 0.1) is 0 Å². The maximum atomic E-state index is 3.63. The van der Waals surface area contributed by atoms with E-state index in [0.717, 1.165) is 13.1 Å². The zero-order valence-corrected chi connectivity index (χ0v) is 13.8. The second-order valence-corrected chi connectivity index (χ2v) is 6.70. The van der Waals surface area contributed by atoms with Crippen molar-refractivity contribution < 1.29 is 0 Å². The van der Waals surface area contributed by atoms with Crippen molar-refractivity contribution in [3.63, 3.8) is 0 Å². The summed E-state index contributed by atoms with van der Waals surface area (Å²) < 4.78 is 0. The third kappa shape index (κ3) is 3.88. The van der Waals surface area contributed by atoms with Crippen molar-refractivity contribution in [3.05, 3.63) is 36.0 Å². The van der Waals surface area contributed by atoms with Gasteiger partial charge in [0.2, 0.25) is 0 Å². The highest BCUT2D eigenvalue weighted by molar-refractivity contribution is 5.82. The Hall–Kier alpha value is -1.36. The van der Waals surface area contributed by atoms with Gasteiger partial charge < -0.3 is 20.1 Å². The Morgan fingerprint density at radius 2 is 2.00 bits per heavy atom. The molecule has 0 spiro atoms. The van der Waals surface area contributed by atoms with Crippen molar-refractivity contribution in [2.24, 2.45) is 5.92 Å². The van der Waals surface area contributed by atoms with Crippen LogP contribution >= 0.6 is 0 Å². The molecule has 22 heavy (non-hydrogen) atoms. The topological polar surface area (TPSA) is 34.3 Å². The van der Waals surface area contributed by atoms with Crippen molar-refractivity contribution >= 4 is 10.9 Å². The lowest BCUT2D eigenvalue weighted by atomic mass is 10.1. The van der Waals surface area contributed by atoms with Crippen LogP contribution in [0.1, 0.15) is 12.5 Å². The van der Waals surface area contributed by atoms with Crippen LogP contribution in [0.15, 0.2) is 30.5 Å². The standard InChI is InChI=1S/C18H28N4/c1-15(14-22-10-8-21(2)9-11-22)12-19-13-16-4-3-5-18-17(16)6-7-20-18/h3-7,15,19-20H,8-14H2,1-2H3. The molecule has 0 aliphatic carbocycles. The normalized spacial score (nSPS) is 18.8. The average Bonchev–Trinajstić information content (AvgIpc) is 2.99. The number of aromatic nitrogens is 1. The van der Waals surface area contributed by atoms with Gasteiger partial charge in [0, 0.05) is 56.4 Å². The highest BCUT2D eigenvalue weighted by Crippen LogP contribution is 2.17. The molecule has 1 fully saturated rings. The quantitative estimate of drug-likeness (QED) is 0.858. The molecule has 2 aromatic rings. The van der Waals surface area contributed by atoms with Gasteiger partial charge in [-0.1, -0.05) is 19.1 Å². The molecule has 2 heterocycles. The molecule has 2 N–H and O–H groups in total. The van der Waals surface area contributed by atoms with Gasteiger partial charge in [-0.15, -0.1) is 0 Å². The van der Waals surface area contributed by atoms with Crippen molar-refractivity contribution in [2.75, 3.05) is 46.3 Å². The summed E-state index contributed by atoms with van der Waals surface area (Å²) in [5, 5.41) is 4.97. The number of hydrogen-bond donors (Lipinski definition) is 2. The second-order valence-electron chi connectivity index (χ2n) is 6.70. The van der Waals surface area contributed by atoms with Crippen LogP contribution in [0.3, 0.4) is 0 Å². The monoisotopic (exact) mass is 300 g/mol. The first kappa shape index (κ1) is 15.5. The number of benzene rings is 1. The van der Waals surface area contributed by atoms with E-state index >= 15 is 0 Å². The molecule has 1 saturated heterocycles. The van der Waals surface area contributed by atoms with E-state index in [4.69, 9.17) is 0 Å². The second kappa shape index (κ2) is 7.27. The van der Waals surface area contributed by atoms with Crippen LogP contribution in [0.25, 0.3) is 10.9 Å². The van der Waals surface area contributed by atoms with Crippen LogP contribution in [0.5, 0.6) is 0 Å². The van der Waals surface area contributed by atoms with Gasteiger partial charge in [-0.05, 0) is 37.2 Å². The molecular weight excluding hydrogens is 272 g/mol. The van der Waals surface area contributed by atoms with Gasteiger partial charge in [0.1, 0.15) is 0 Å². The molecule has 4 heteroatoms. The van der Waals surface area contributed by atoms with E-state index in [1.165, 1.54) is 49.2 Å². The van der Waals surface area contributed by atoms with Crippen LogP contribution in [-0.2, 0) is 6.54 Å². The van der Waals surface area contributed by atoms with Crippen LogP contribution in [0.2, 0.25) is 0 Å². The van der Waals surface area contributed by atoms with Crippen LogP contribution in [0.4, 0.5) is 0 Å². The van der Waals surface area contributed by atoms with E-state index in [1.807, 2.05) is 6.20 Å². The number of nitrogens with one attached hydrogen (secondary N) is 2. The van der Waals surface area contributed by atoms with Crippen molar-refractivity contribution in [1.29, 1.82) is 0 Å². The highest BCUT2D eigenvalue weighted by Gasteiger charge is 2.15. The summed E-state index contributed by atoms with van der Waals surface area (Å²) >= 11 is 0. The number of likely N-dealkylation sites (N-methyl/N-ethyl adjacent to an activating group) is 1. The molecule has 0 bridgehead atoms. The fraction of sp³-hybridized carbons (Fsp3) is 0.556. The maximum absolute atomic E-state index is 3.63. The highest BCUT2D eigenvalue weighted by atomic mass is 15.2. The van der Waals surface area contributed by atoms with E-state index < -0.39 is 0 Å². The smallest absolute Gasteiger partial charge is 0.0457 e. The molecule has 1 aromatic carbocycles. The Morgan fingerprint density at radius 1 is 1.18 bits per heavy atom. The van der Waals surface area contributed by atoms with Crippen LogP contribution in [0, 0.1) is 5.92 Å². The number of hydrogen-bond acceptors (Lipinski definition) is 3. The summed E-state index contributed by atoms with van der Waals surface area (Å²) in [6.07, 6.45) is 2.02. The van der Waals surface area contributed by atoms with Gasteiger partial charge in [-0.25, -0.2) is 0 Å². The minimum atomic E-state index is 0.689. The molecule has 1 atom stereocenters. The Bertz CT molecular complexity index is 584. The van der Waals surface area contributed by atoms with Gasteiger partial charge in [-0.3, -0.25) is 0 Å². The number of aromatic amines is 1. The number of rotatable bonds is 6. The average molecular weight is 300 g/mol. The van der Waals surface area contributed by atoms with E-state index in [0.29, 0.717) is 5.92 Å². The zero-order valence-electron chi connectivity index (χ0n) is 13.8. The predicted octanol–water partition coefficient (Wildman–Crippen LogP) is 2.14. The molecule has 0 saturated carbocycles. The lowest BCUT2D eigenvalue weighted by molar-refractivity contribution is 0.138. The lowest BCUT2D eigenvalue weighted by Gasteiger charge is -2.34. The van der Waals surface area contributed by atoms with E-state index in [-0.39, 0.29) is 0 Å². The summed E-state index contributed by atoms with van der Waals surface area (Å²) in [7, 11) is 2.21. The SMILES string of the molecule is CC(CNCc1cccc2[nH]ccc12)CN1CCN(C)CC1. The summed E-state index contributed by atoms with van der Waals surface area (Å²) in [6.45, 7) is 10.4. The van der Waals surface area contributed by atoms with E-state index in [1.54, 1.807) is 0 Å². The summed E-state index contributed by atoms with van der Waals surface area (Å²) in [4.78, 5) is 8.29. The molecule has 1 aliphatic heterocycles. The molecule has 1 unspecified atom stereocenters. The van der Waals surface area contributed by atoms with Gasteiger partial charge >= 0.3 is 0 Å². The third-order valence-electron chi connectivity index (χ3n) is 4.66. The Labute approximate surface area is 133 Å². The molecule has 3 rings (SSSR count). The van der Waals surface area contributed by atoms with Crippen LogP contribution in [-0.4, -0.2) is 61.1 Å². The Morgan fingerprint density at radius 3 is 2.82 bits per heavy atom. The summed E-state index contributed by atoms with van der Waals surface area (Å²) in [5.74, 6) is 0.689. The zero-order chi connectivity index (χ0) is 15.4. The molecule has 1 aromatic heterocycles. The predicted molar refractivity (Wildman–Crippen MR) is 93.1 cm³/mol. The molecule has 0 amide bonds. The first-order valence-corrected chi connectivity index (χ1v) is 8.39. The Kier molecular flexibility index (Phi) is 5.13. The fourth-order valence-corrected chi connectivity index (χ4v) is 3.29. The fourth-order valence-electron chi connectivity index (χ4n) is 3.29. The van der Waals surface area contributed by atoms with E-state index in [2.05, 4.69) is 58.3 Å². The summed E-state index contributed by atoms with van der Waals surface area (Å²) in [6, 6.07) is 8.65. The number of piperazine rings is 1. The number of H-pyrrole nitrogens is 1. The molecule has 0 radical (unpaired) electrons. The lowest BCUT2D eigenvalue weighted by Crippen LogP contribution is -2.46. The molecule has 1 aliphatic rings. The molecular formula is C18H28N4. The minimum absolute atomic E-state index is 0.689. The number of fused-ring (bicyclic) bond motifs is 1. The first-order valence-electron chi connectivity index (χ1n) is 8.39. The van der Waals surface area contributed by atoms with Crippen LogP contribution < -0.4 is 5.32 Å². The third-order valence-corrected chi connectivity index (χ3v) is 4.66. The van der Waals surface area contributed by atoms with Crippen molar-refractivity contribution in [3.8, 4) is 0 Å². The summed E-state index contributed by atoms with van der Waals surface area (Å²) in [5.41, 5.74) is 2.61. The van der Waals surface area contributed by atoms with Gasteiger partial charge in [0.15, 0.2) is 0 Å².